The van der Waals surface area contributed by atoms with Gasteiger partial charge in [0.25, 0.3) is 0 Å². The van der Waals surface area contributed by atoms with Crippen LogP contribution < -0.4 is 4.90 Å². The summed E-state index contributed by atoms with van der Waals surface area (Å²) < 4.78 is 52.1. The average molecular weight is 433 g/mol. The summed E-state index contributed by atoms with van der Waals surface area (Å²) in [6, 6.07) is 9.19. The summed E-state index contributed by atoms with van der Waals surface area (Å²) in [4.78, 5) is 5.86. The molecule has 0 fully saturated rings. The van der Waals surface area contributed by atoms with E-state index in [-0.39, 0.29) is 23.7 Å². The zero-order valence-corrected chi connectivity index (χ0v) is 16.4. The number of hydrogen-bond acceptors (Lipinski definition) is 4. The molecular formula is C21H15F4N3OS. The van der Waals surface area contributed by atoms with E-state index in [1.165, 1.54) is 34.4 Å². The quantitative estimate of drug-likeness (QED) is 0.495. The number of thiazole rings is 1. The maximum atomic E-state index is 13.9. The smallest absolute Gasteiger partial charge is 0.416 e. The Labute approximate surface area is 173 Å². The van der Waals surface area contributed by atoms with Gasteiger partial charge in [0, 0.05) is 16.6 Å². The van der Waals surface area contributed by atoms with Crippen molar-refractivity contribution in [3.63, 3.8) is 0 Å². The fraction of sp³-hybridized carbons (Fsp3) is 0.143. The first-order valence-corrected chi connectivity index (χ1v) is 9.71. The molecule has 1 aliphatic heterocycles. The topological polar surface area (TPSA) is 60.2 Å². The molecule has 1 aromatic heterocycles. The van der Waals surface area contributed by atoms with Gasteiger partial charge in [0.2, 0.25) is 0 Å². The zero-order chi connectivity index (χ0) is 21.6. The lowest BCUT2D eigenvalue weighted by atomic mass is 10.1. The van der Waals surface area contributed by atoms with Gasteiger partial charge in [-0.15, -0.1) is 11.3 Å². The molecule has 0 spiro atoms. The fourth-order valence-electron chi connectivity index (χ4n) is 3.13. The minimum atomic E-state index is -4.42. The van der Waals surface area contributed by atoms with Crippen molar-refractivity contribution in [2.45, 2.75) is 13.1 Å². The molecule has 1 aliphatic rings. The van der Waals surface area contributed by atoms with Gasteiger partial charge in [-0.2, -0.15) is 13.2 Å². The van der Waals surface area contributed by atoms with Crippen molar-refractivity contribution in [1.82, 2.24) is 4.98 Å². The first kappa shape index (κ1) is 20.1. The Balaban J connectivity index is 1.60. The van der Waals surface area contributed by atoms with Gasteiger partial charge in [-0.1, -0.05) is 18.2 Å². The molecule has 9 heteroatoms. The Hall–Kier alpha value is -3.20. The lowest BCUT2D eigenvalue weighted by molar-refractivity contribution is -0.137. The highest BCUT2D eigenvalue weighted by atomic mass is 32.1. The van der Waals surface area contributed by atoms with Gasteiger partial charge >= 0.3 is 6.18 Å². The normalized spacial score (nSPS) is 14.7. The third-order valence-electron chi connectivity index (χ3n) is 4.80. The summed E-state index contributed by atoms with van der Waals surface area (Å²) >= 11 is 1.17. The number of nitrogens with zero attached hydrogens (tertiary/aromatic N) is 2. The molecule has 4 nitrogen and oxygen atoms in total. The van der Waals surface area contributed by atoms with E-state index >= 15 is 0 Å². The van der Waals surface area contributed by atoms with Gasteiger partial charge < -0.3 is 10.0 Å². The molecule has 0 aliphatic carbocycles. The third-order valence-corrected chi connectivity index (χ3v) is 5.66. The van der Waals surface area contributed by atoms with Crippen molar-refractivity contribution in [1.29, 1.82) is 5.41 Å². The Morgan fingerprint density at radius 2 is 1.83 bits per heavy atom. The van der Waals surface area contributed by atoms with Gasteiger partial charge in [0.1, 0.15) is 22.4 Å². The monoisotopic (exact) mass is 433 g/mol. The van der Waals surface area contributed by atoms with Gasteiger partial charge in [-0.3, -0.25) is 5.41 Å². The Morgan fingerprint density at radius 1 is 1.13 bits per heavy atom. The number of amidine groups is 1. The summed E-state index contributed by atoms with van der Waals surface area (Å²) in [5, 5.41) is 20.9. The van der Waals surface area contributed by atoms with Crippen molar-refractivity contribution in [3.05, 3.63) is 75.6 Å². The molecule has 2 aromatic carbocycles. The molecule has 2 heterocycles. The predicted molar refractivity (Wildman–Crippen MR) is 108 cm³/mol. The van der Waals surface area contributed by atoms with Crippen LogP contribution in [0.15, 0.2) is 53.6 Å². The summed E-state index contributed by atoms with van der Waals surface area (Å²) in [5.41, 5.74) is 1.32. The van der Waals surface area contributed by atoms with Crippen molar-refractivity contribution in [3.8, 4) is 11.3 Å². The van der Waals surface area contributed by atoms with Crippen LogP contribution in [0.1, 0.15) is 16.1 Å². The zero-order valence-electron chi connectivity index (χ0n) is 15.6. The van der Waals surface area contributed by atoms with E-state index in [4.69, 9.17) is 5.41 Å². The van der Waals surface area contributed by atoms with Gasteiger partial charge in [-0.05, 0) is 36.8 Å². The number of anilines is 1. The van der Waals surface area contributed by atoms with E-state index in [0.29, 0.717) is 27.5 Å². The van der Waals surface area contributed by atoms with Crippen LogP contribution in [0.3, 0.4) is 0 Å². The highest BCUT2D eigenvalue weighted by Crippen LogP contribution is 2.36. The van der Waals surface area contributed by atoms with Crippen molar-refractivity contribution in [2.75, 3.05) is 11.4 Å². The molecule has 0 saturated heterocycles. The van der Waals surface area contributed by atoms with E-state index in [0.717, 1.165) is 12.1 Å². The minimum absolute atomic E-state index is 0.00581. The Bertz CT molecular complexity index is 1170. The van der Waals surface area contributed by atoms with E-state index in [1.54, 1.807) is 24.4 Å². The number of benzene rings is 2. The summed E-state index contributed by atoms with van der Waals surface area (Å²) in [5.74, 6) is -0.509. The largest absolute Gasteiger partial charge is 0.510 e. The van der Waals surface area contributed by atoms with Gasteiger partial charge in [-0.25, -0.2) is 9.37 Å². The van der Waals surface area contributed by atoms with Crippen LogP contribution in [0.2, 0.25) is 0 Å². The lowest BCUT2D eigenvalue weighted by Crippen LogP contribution is -2.26. The van der Waals surface area contributed by atoms with Crippen LogP contribution in [0, 0.1) is 18.2 Å². The van der Waals surface area contributed by atoms with Gasteiger partial charge in [0.05, 0.1) is 23.4 Å². The first-order valence-electron chi connectivity index (χ1n) is 8.83. The number of aromatic nitrogens is 1. The number of nitrogens with one attached hydrogen (secondary N) is 1. The summed E-state index contributed by atoms with van der Waals surface area (Å²) in [6.45, 7) is 1.64. The van der Waals surface area contributed by atoms with Gasteiger partial charge in [0.15, 0.2) is 0 Å². The maximum absolute atomic E-state index is 13.9. The standard InChI is InChI=1S/C21H15F4N3OS/c1-11-2-7-14(8-15(11)22)28-9-17(29)18(19(28)26)20-27-16(10-30-20)12-3-5-13(6-4-12)21(23,24)25/h2-8,10,26,29H,9H2,1H3. The Kier molecular flexibility index (Phi) is 4.85. The molecule has 3 aromatic rings. The van der Waals surface area contributed by atoms with E-state index in [9.17, 15) is 22.7 Å². The fourth-order valence-corrected chi connectivity index (χ4v) is 4.02. The van der Waals surface area contributed by atoms with E-state index < -0.39 is 17.6 Å². The molecule has 0 amide bonds. The SMILES string of the molecule is Cc1ccc(N2CC(O)=C(c3nc(-c4ccc(C(F)(F)F)cc4)cs3)C2=N)cc1F. The first-order chi connectivity index (χ1) is 14.1. The number of aliphatic hydroxyl groups is 1. The molecule has 0 unspecified atom stereocenters. The summed E-state index contributed by atoms with van der Waals surface area (Å²) in [7, 11) is 0. The second-order valence-electron chi connectivity index (χ2n) is 6.80. The molecule has 0 atom stereocenters. The lowest BCUT2D eigenvalue weighted by Gasteiger charge is -2.19. The molecular weight excluding hydrogens is 418 g/mol. The number of aliphatic hydroxyl groups excluding tert-OH is 1. The van der Waals surface area contributed by atoms with Crippen LogP contribution >= 0.6 is 11.3 Å². The van der Waals surface area contributed by atoms with E-state index in [2.05, 4.69) is 4.98 Å². The second kappa shape index (κ2) is 7.24. The molecule has 0 radical (unpaired) electrons. The minimum Gasteiger partial charge on any atom is -0.510 e. The molecule has 0 saturated carbocycles. The van der Waals surface area contributed by atoms with Crippen LogP contribution in [-0.2, 0) is 6.18 Å². The molecule has 2 N–H and O–H groups in total. The number of halogens is 4. The molecule has 0 bridgehead atoms. The number of hydrogen-bond donors (Lipinski definition) is 2. The molecule has 4 rings (SSSR count). The number of alkyl halides is 3. The van der Waals surface area contributed by atoms with Crippen LogP contribution in [0.25, 0.3) is 16.8 Å². The average Bonchev–Trinajstić information content (AvgIpc) is 3.28. The maximum Gasteiger partial charge on any atom is 0.416 e. The second-order valence-corrected chi connectivity index (χ2v) is 7.66. The predicted octanol–water partition coefficient (Wildman–Crippen LogP) is 6.04. The van der Waals surface area contributed by atoms with Crippen molar-refractivity contribution < 1.29 is 22.7 Å². The highest BCUT2D eigenvalue weighted by molar-refractivity contribution is 7.11. The summed E-state index contributed by atoms with van der Waals surface area (Å²) in [6.07, 6.45) is -4.42. The number of rotatable bonds is 3. The molecule has 30 heavy (non-hydrogen) atoms. The highest BCUT2D eigenvalue weighted by Gasteiger charge is 2.32. The number of aryl methyl sites for hydroxylation is 1. The van der Waals surface area contributed by atoms with Crippen LogP contribution in [0.4, 0.5) is 23.2 Å². The third kappa shape index (κ3) is 3.56. The van der Waals surface area contributed by atoms with Crippen LogP contribution in [0.5, 0.6) is 0 Å². The van der Waals surface area contributed by atoms with Crippen molar-refractivity contribution >= 4 is 28.4 Å². The van der Waals surface area contributed by atoms with Crippen LogP contribution in [-0.4, -0.2) is 22.5 Å². The molecule has 154 valence electrons. The van der Waals surface area contributed by atoms with Crippen molar-refractivity contribution in [2.24, 2.45) is 0 Å². The van der Waals surface area contributed by atoms with E-state index in [1.807, 2.05) is 0 Å². The Morgan fingerprint density at radius 3 is 2.47 bits per heavy atom.